The molecule has 0 spiro atoms. The Balaban J connectivity index is 2.02. The molecule has 1 aliphatic carbocycles. The van der Waals surface area contributed by atoms with Crippen LogP contribution >= 0.6 is 0 Å². The fourth-order valence-electron chi connectivity index (χ4n) is 5.81. The quantitative estimate of drug-likeness (QED) is 0.246. The molecule has 0 fully saturated rings. The van der Waals surface area contributed by atoms with Gasteiger partial charge < -0.3 is 15.3 Å². The van der Waals surface area contributed by atoms with Gasteiger partial charge in [-0.2, -0.15) is 0 Å². The zero-order valence-corrected chi connectivity index (χ0v) is 20.9. The number of phenolic OH excluding ortho intramolecular Hbond substituents is 2. The maximum absolute atomic E-state index is 12.6. The van der Waals surface area contributed by atoms with Crippen molar-refractivity contribution in [2.24, 2.45) is 0 Å². The summed E-state index contributed by atoms with van der Waals surface area (Å²) in [5.74, 6) is -0.418. The van der Waals surface area contributed by atoms with Crippen molar-refractivity contribution in [2.45, 2.75) is 44.9 Å². The molecule has 1 aliphatic rings. The molecule has 4 nitrogen and oxygen atoms in total. The van der Waals surface area contributed by atoms with Crippen LogP contribution in [0.1, 0.15) is 83.3 Å². The first-order valence-electron chi connectivity index (χ1n) is 12.3. The van der Waals surface area contributed by atoms with Crippen molar-refractivity contribution in [1.29, 1.82) is 0 Å². The van der Waals surface area contributed by atoms with Crippen LogP contribution in [-0.2, 0) is 5.41 Å². The number of carboxylic acid groups (broad SMARTS) is 1. The first-order valence-corrected chi connectivity index (χ1v) is 12.3. The van der Waals surface area contributed by atoms with Crippen molar-refractivity contribution >= 4 is 5.97 Å². The smallest absolute Gasteiger partial charge is 0.336 e. The summed E-state index contributed by atoms with van der Waals surface area (Å²) in [6.07, 6.45) is 0. The van der Waals surface area contributed by atoms with Crippen LogP contribution in [0.4, 0.5) is 0 Å². The summed E-state index contributed by atoms with van der Waals surface area (Å²) in [6, 6.07) is 24.7. The second-order valence-corrected chi connectivity index (χ2v) is 10.2. The molecule has 0 heterocycles. The normalized spacial score (nSPS) is 13.6. The van der Waals surface area contributed by atoms with E-state index in [1.807, 2.05) is 76.2 Å². The van der Waals surface area contributed by atoms with Crippen LogP contribution in [0.25, 0.3) is 11.1 Å². The molecule has 0 amide bonds. The highest BCUT2D eigenvalue weighted by Crippen LogP contribution is 2.58. The van der Waals surface area contributed by atoms with E-state index in [-0.39, 0.29) is 28.9 Å². The van der Waals surface area contributed by atoms with Gasteiger partial charge in [0.25, 0.3) is 0 Å². The van der Waals surface area contributed by atoms with Crippen LogP contribution in [0.2, 0.25) is 0 Å². The molecule has 182 valence electrons. The Bertz CT molecular complexity index is 1440. The third kappa shape index (κ3) is 3.32. The maximum Gasteiger partial charge on any atom is 0.336 e. The predicted molar refractivity (Wildman–Crippen MR) is 142 cm³/mol. The van der Waals surface area contributed by atoms with Gasteiger partial charge in [-0.3, -0.25) is 0 Å². The molecule has 0 aromatic heterocycles. The third-order valence-electron chi connectivity index (χ3n) is 7.46. The molecule has 0 saturated carbocycles. The predicted octanol–water partition coefficient (Wildman–Crippen LogP) is 7.41. The van der Waals surface area contributed by atoms with E-state index >= 15 is 0 Å². The van der Waals surface area contributed by atoms with E-state index in [1.165, 1.54) is 0 Å². The number of rotatable bonds is 5. The minimum atomic E-state index is -0.991. The third-order valence-corrected chi connectivity index (χ3v) is 7.46. The Hall–Kier alpha value is -4.05. The summed E-state index contributed by atoms with van der Waals surface area (Å²) >= 11 is 0. The fourth-order valence-corrected chi connectivity index (χ4v) is 5.81. The largest absolute Gasteiger partial charge is 0.508 e. The lowest BCUT2D eigenvalue weighted by Gasteiger charge is -2.36. The van der Waals surface area contributed by atoms with Gasteiger partial charge >= 0.3 is 5.97 Å². The number of carbonyl (C=O) groups is 1. The Morgan fingerprint density at radius 2 is 1.22 bits per heavy atom. The van der Waals surface area contributed by atoms with Crippen LogP contribution in [0, 0.1) is 0 Å². The summed E-state index contributed by atoms with van der Waals surface area (Å²) in [5, 5.41) is 31.7. The second kappa shape index (κ2) is 8.56. The van der Waals surface area contributed by atoms with E-state index < -0.39 is 11.4 Å². The highest BCUT2D eigenvalue weighted by Gasteiger charge is 2.48. The lowest BCUT2D eigenvalue weighted by Crippen LogP contribution is -2.31. The van der Waals surface area contributed by atoms with E-state index in [4.69, 9.17) is 0 Å². The van der Waals surface area contributed by atoms with Crippen LogP contribution in [0.3, 0.4) is 0 Å². The van der Waals surface area contributed by atoms with Gasteiger partial charge in [0, 0.05) is 0 Å². The molecule has 0 aliphatic heterocycles. The van der Waals surface area contributed by atoms with Crippen molar-refractivity contribution in [3.63, 3.8) is 0 Å². The number of benzene rings is 4. The van der Waals surface area contributed by atoms with E-state index in [2.05, 4.69) is 6.07 Å². The molecule has 5 rings (SSSR count). The number of hydrogen-bond acceptors (Lipinski definition) is 3. The molecule has 36 heavy (non-hydrogen) atoms. The fraction of sp³-hybridized carbons (Fsp3) is 0.219. The number of carboxylic acids is 1. The average molecular weight is 479 g/mol. The van der Waals surface area contributed by atoms with Crippen molar-refractivity contribution in [3.8, 4) is 22.6 Å². The van der Waals surface area contributed by atoms with Gasteiger partial charge in [-0.15, -0.1) is 0 Å². The Morgan fingerprint density at radius 3 is 1.75 bits per heavy atom. The molecular formula is C32H30O4. The molecule has 4 heteroatoms. The van der Waals surface area contributed by atoms with Crippen LogP contribution in [0.15, 0.2) is 78.9 Å². The number of hydrogen-bond donors (Lipinski definition) is 3. The first kappa shape index (κ1) is 23.7. The van der Waals surface area contributed by atoms with Crippen LogP contribution < -0.4 is 0 Å². The Morgan fingerprint density at radius 1 is 0.694 bits per heavy atom. The zero-order chi connectivity index (χ0) is 25.8. The maximum atomic E-state index is 12.6. The summed E-state index contributed by atoms with van der Waals surface area (Å²) in [5.41, 5.74) is 6.19. The van der Waals surface area contributed by atoms with Gasteiger partial charge in [0.1, 0.15) is 11.5 Å². The van der Waals surface area contributed by atoms with Crippen molar-refractivity contribution in [2.75, 3.05) is 0 Å². The Labute approximate surface area is 211 Å². The lowest BCUT2D eigenvalue weighted by atomic mass is 9.65. The molecule has 0 radical (unpaired) electrons. The highest BCUT2D eigenvalue weighted by atomic mass is 16.4. The van der Waals surface area contributed by atoms with Crippen molar-refractivity contribution < 1.29 is 20.1 Å². The molecule has 4 aromatic carbocycles. The molecule has 3 N–H and O–H groups in total. The topological polar surface area (TPSA) is 77.8 Å². The SMILES string of the molecule is CC(C)c1cc(C2(c3ccc(O)c(C(C)C)c3)c3ccccc3-c3cccc(C(=O)O)c32)ccc1O. The minimum Gasteiger partial charge on any atom is -0.508 e. The average Bonchev–Trinajstić information content (AvgIpc) is 3.15. The van der Waals surface area contributed by atoms with Gasteiger partial charge in [-0.25, -0.2) is 4.79 Å². The lowest BCUT2D eigenvalue weighted by molar-refractivity contribution is 0.0695. The minimum absolute atomic E-state index is 0.0684. The van der Waals surface area contributed by atoms with Crippen molar-refractivity contribution in [3.05, 3.63) is 118 Å². The van der Waals surface area contributed by atoms with Gasteiger partial charge in [-0.05, 0) is 74.5 Å². The van der Waals surface area contributed by atoms with Gasteiger partial charge in [0.15, 0.2) is 0 Å². The number of phenols is 2. The monoisotopic (exact) mass is 478 g/mol. The first-order chi connectivity index (χ1) is 17.2. The summed E-state index contributed by atoms with van der Waals surface area (Å²) in [6.45, 7) is 8.12. The molecule has 4 aromatic rings. The highest BCUT2D eigenvalue weighted by molar-refractivity contribution is 5.98. The van der Waals surface area contributed by atoms with E-state index in [1.54, 1.807) is 24.3 Å². The molecular weight excluding hydrogens is 448 g/mol. The molecule has 0 saturated heterocycles. The number of aromatic carboxylic acids is 1. The van der Waals surface area contributed by atoms with Crippen LogP contribution in [0.5, 0.6) is 11.5 Å². The van der Waals surface area contributed by atoms with E-state index in [0.717, 1.165) is 38.9 Å². The van der Waals surface area contributed by atoms with Crippen molar-refractivity contribution in [1.82, 2.24) is 0 Å². The number of aromatic hydroxyl groups is 2. The van der Waals surface area contributed by atoms with Crippen LogP contribution in [-0.4, -0.2) is 21.3 Å². The standard InChI is InChI=1S/C32H30O4/c1-18(2)25-16-20(12-14-28(25)33)32(21-13-15-29(34)26(17-21)19(3)4)27-11-6-5-8-22(27)23-9-7-10-24(30(23)32)31(35)36/h5-19,33-34H,1-4H3,(H,35,36). The van der Waals surface area contributed by atoms with Gasteiger partial charge in [0.2, 0.25) is 0 Å². The summed E-state index contributed by atoms with van der Waals surface area (Å²) < 4.78 is 0. The second-order valence-electron chi connectivity index (χ2n) is 10.2. The summed E-state index contributed by atoms with van der Waals surface area (Å²) in [4.78, 5) is 12.6. The Kier molecular flexibility index (Phi) is 5.63. The molecule has 0 bridgehead atoms. The van der Waals surface area contributed by atoms with Gasteiger partial charge in [0.05, 0.1) is 11.0 Å². The van der Waals surface area contributed by atoms with E-state index in [9.17, 15) is 20.1 Å². The zero-order valence-electron chi connectivity index (χ0n) is 20.9. The molecule has 0 atom stereocenters. The summed E-state index contributed by atoms with van der Waals surface area (Å²) in [7, 11) is 0. The van der Waals surface area contributed by atoms with Gasteiger partial charge in [-0.1, -0.05) is 88.4 Å². The van der Waals surface area contributed by atoms with E-state index in [0.29, 0.717) is 5.56 Å². The number of fused-ring (bicyclic) bond motifs is 3. The molecule has 0 unspecified atom stereocenters.